The minimum absolute atomic E-state index is 0.216. The lowest BCUT2D eigenvalue weighted by Gasteiger charge is -2.29. The van der Waals surface area contributed by atoms with Crippen LogP contribution in [0.25, 0.3) is 0 Å². The van der Waals surface area contributed by atoms with Gasteiger partial charge in [-0.1, -0.05) is 6.92 Å². The van der Waals surface area contributed by atoms with Crippen molar-refractivity contribution >= 4 is 0 Å². The predicted octanol–water partition coefficient (Wildman–Crippen LogP) is 0.954. The number of hydrogen-bond acceptors (Lipinski definition) is 6. The molecule has 0 unspecified atom stereocenters. The number of rotatable bonds is 7. The highest BCUT2D eigenvalue weighted by atomic mass is 16.5. The lowest BCUT2D eigenvalue weighted by molar-refractivity contribution is -0.0262. The van der Waals surface area contributed by atoms with Gasteiger partial charge in [0.1, 0.15) is 5.82 Å². The SMILES string of the molecule is CCc1ncc2c(n1)CN(C[C@H](O)COC[C@@H]1CCCO1)CC2. The zero-order chi connectivity index (χ0) is 16.1. The van der Waals surface area contributed by atoms with E-state index in [4.69, 9.17) is 9.47 Å². The molecule has 0 amide bonds. The quantitative estimate of drug-likeness (QED) is 0.807. The molecular weight excluding hydrogens is 294 g/mol. The van der Waals surface area contributed by atoms with Crippen molar-refractivity contribution in [1.82, 2.24) is 14.9 Å². The summed E-state index contributed by atoms with van der Waals surface area (Å²) in [7, 11) is 0. The highest BCUT2D eigenvalue weighted by molar-refractivity contribution is 5.20. The zero-order valence-electron chi connectivity index (χ0n) is 13.9. The normalized spacial score (nSPS) is 23.0. The van der Waals surface area contributed by atoms with E-state index in [0.717, 1.165) is 56.9 Å². The second-order valence-corrected chi connectivity index (χ2v) is 6.42. The Labute approximate surface area is 137 Å². The van der Waals surface area contributed by atoms with E-state index >= 15 is 0 Å². The van der Waals surface area contributed by atoms with Gasteiger partial charge in [-0.3, -0.25) is 4.90 Å². The van der Waals surface area contributed by atoms with E-state index < -0.39 is 6.10 Å². The Bertz CT molecular complexity index is 506. The lowest BCUT2D eigenvalue weighted by atomic mass is 10.1. The maximum Gasteiger partial charge on any atom is 0.128 e. The molecule has 3 rings (SSSR count). The summed E-state index contributed by atoms with van der Waals surface area (Å²) in [6, 6.07) is 0. The van der Waals surface area contributed by atoms with Crippen molar-refractivity contribution in [3.05, 3.63) is 23.3 Å². The van der Waals surface area contributed by atoms with Crippen molar-refractivity contribution in [2.75, 3.05) is 32.9 Å². The van der Waals surface area contributed by atoms with Crippen molar-refractivity contribution in [2.45, 2.75) is 51.4 Å². The molecule has 0 saturated carbocycles. The molecule has 2 aliphatic rings. The molecule has 6 heteroatoms. The fraction of sp³-hybridized carbons (Fsp3) is 0.765. The van der Waals surface area contributed by atoms with Gasteiger partial charge in [-0.15, -0.1) is 0 Å². The second-order valence-electron chi connectivity index (χ2n) is 6.42. The van der Waals surface area contributed by atoms with E-state index in [-0.39, 0.29) is 6.10 Å². The minimum Gasteiger partial charge on any atom is -0.389 e. The monoisotopic (exact) mass is 321 g/mol. The van der Waals surface area contributed by atoms with E-state index in [1.54, 1.807) is 0 Å². The Kier molecular flexibility index (Phi) is 5.94. The van der Waals surface area contributed by atoms with Crippen LogP contribution in [0.5, 0.6) is 0 Å². The number of aromatic nitrogens is 2. The Morgan fingerprint density at radius 2 is 2.43 bits per heavy atom. The summed E-state index contributed by atoms with van der Waals surface area (Å²) >= 11 is 0. The molecule has 1 aromatic heterocycles. The van der Waals surface area contributed by atoms with Crippen LogP contribution in [0.2, 0.25) is 0 Å². The summed E-state index contributed by atoms with van der Waals surface area (Å²) in [4.78, 5) is 11.2. The molecule has 0 aromatic carbocycles. The average molecular weight is 321 g/mol. The van der Waals surface area contributed by atoms with E-state index in [1.165, 1.54) is 5.56 Å². The lowest BCUT2D eigenvalue weighted by Crippen LogP contribution is -2.39. The van der Waals surface area contributed by atoms with Crippen LogP contribution in [0, 0.1) is 0 Å². The smallest absolute Gasteiger partial charge is 0.128 e. The van der Waals surface area contributed by atoms with Gasteiger partial charge in [-0.2, -0.15) is 0 Å². The second kappa shape index (κ2) is 8.15. The van der Waals surface area contributed by atoms with E-state index in [0.29, 0.717) is 19.8 Å². The van der Waals surface area contributed by atoms with Crippen LogP contribution in [0.15, 0.2) is 6.20 Å². The number of aliphatic hydroxyl groups is 1. The molecule has 1 aromatic rings. The van der Waals surface area contributed by atoms with Crippen molar-refractivity contribution in [2.24, 2.45) is 0 Å². The van der Waals surface area contributed by atoms with Crippen LogP contribution in [0.3, 0.4) is 0 Å². The first-order chi connectivity index (χ1) is 11.2. The van der Waals surface area contributed by atoms with Crippen molar-refractivity contribution < 1.29 is 14.6 Å². The number of β-amino-alcohol motifs (C(OH)–C–C–N with tert-alkyl or cyclic N) is 1. The standard InChI is InChI=1S/C17H27N3O3/c1-2-17-18-8-13-5-6-20(10-16(13)19-17)9-14(21)11-22-12-15-4-3-7-23-15/h8,14-15,21H,2-7,9-12H2,1H3/t14-,15-/m0/s1. The number of aryl methyl sites for hydroxylation is 1. The van der Waals surface area contributed by atoms with Crippen molar-refractivity contribution in [3.8, 4) is 0 Å². The van der Waals surface area contributed by atoms with Gasteiger partial charge < -0.3 is 14.6 Å². The molecule has 0 aliphatic carbocycles. The summed E-state index contributed by atoms with van der Waals surface area (Å²) in [5.41, 5.74) is 2.35. The number of nitrogens with zero attached hydrogens (tertiary/aromatic N) is 3. The van der Waals surface area contributed by atoms with Crippen LogP contribution in [0.1, 0.15) is 36.8 Å². The third-order valence-corrected chi connectivity index (χ3v) is 4.50. The molecule has 0 spiro atoms. The van der Waals surface area contributed by atoms with Gasteiger partial charge >= 0.3 is 0 Å². The third kappa shape index (κ3) is 4.70. The fourth-order valence-corrected chi connectivity index (χ4v) is 3.19. The van der Waals surface area contributed by atoms with Gasteiger partial charge in [-0.05, 0) is 24.8 Å². The molecule has 6 nitrogen and oxygen atoms in total. The van der Waals surface area contributed by atoms with Gasteiger partial charge in [0.05, 0.1) is 31.1 Å². The van der Waals surface area contributed by atoms with Crippen LogP contribution < -0.4 is 0 Å². The Balaban J connectivity index is 1.42. The molecule has 1 N–H and O–H groups in total. The van der Waals surface area contributed by atoms with E-state index in [9.17, 15) is 5.11 Å². The van der Waals surface area contributed by atoms with Crippen molar-refractivity contribution in [1.29, 1.82) is 0 Å². The number of fused-ring (bicyclic) bond motifs is 1. The summed E-state index contributed by atoms with van der Waals surface area (Å²) in [5.74, 6) is 0.894. The molecule has 3 heterocycles. The molecular formula is C17H27N3O3. The van der Waals surface area contributed by atoms with Crippen molar-refractivity contribution in [3.63, 3.8) is 0 Å². The molecule has 2 atom stereocenters. The fourth-order valence-electron chi connectivity index (χ4n) is 3.19. The largest absolute Gasteiger partial charge is 0.389 e. The third-order valence-electron chi connectivity index (χ3n) is 4.50. The zero-order valence-corrected chi connectivity index (χ0v) is 13.9. The maximum atomic E-state index is 10.2. The van der Waals surface area contributed by atoms with Crippen LogP contribution >= 0.6 is 0 Å². The molecule has 1 saturated heterocycles. The summed E-state index contributed by atoms with van der Waals surface area (Å²) in [5, 5.41) is 10.2. The average Bonchev–Trinajstić information content (AvgIpc) is 3.07. The molecule has 23 heavy (non-hydrogen) atoms. The maximum absolute atomic E-state index is 10.2. The van der Waals surface area contributed by atoms with Crippen LogP contribution in [-0.2, 0) is 28.9 Å². The number of ether oxygens (including phenoxy) is 2. The highest BCUT2D eigenvalue weighted by Crippen LogP contribution is 2.17. The minimum atomic E-state index is -0.467. The van der Waals surface area contributed by atoms with Gasteiger partial charge in [0, 0.05) is 38.9 Å². The van der Waals surface area contributed by atoms with Gasteiger partial charge in [0.2, 0.25) is 0 Å². The Morgan fingerprint density at radius 3 is 3.22 bits per heavy atom. The highest BCUT2D eigenvalue weighted by Gasteiger charge is 2.21. The number of aliphatic hydroxyl groups excluding tert-OH is 1. The molecule has 2 aliphatic heterocycles. The van der Waals surface area contributed by atoms with E-state index in [2.05, 4.69) is 21.8 Å². The predicted molar refractivity (Wildman–Crippen MR) is 86.2 cm³/mol. The Hall–Kier alpha value is -1.08. The topological polar surface area (TPSA) is 67.7 Å². The first-order valence-electron chi connectivity index (χ1n) is 8.68. The van der Waals surface area contributed by atoms with Crippen LogP contribution in [-0.4, -0.2) is 65.1 Å². The summed E-state index contributed by atoms with van der Waals surface area (Å²) < 4.78 is 11.1. The Morgan fingerprint density at radius 1 is 1.52 bits per heavy atom. The molecule has 0 bridgehead atoms. The van der Waals surface area contributed by atoms with Gasteiger partial charge in [-0.25, -0.2) is 9.97 Å². The summed E-state index contributed by atoms with van der Waals surface area (Å²) in [6.45, 7) is 6.21. The first-order valence-corrected chi connectivity index (χ1v) is 8.68. The van der Waals surface area contributed by atoms with Gasteiger partial charge in [0.15, 0.2) is 0 Å². The van der Waals surface area contributed by atoms with E-state index in [1.807, 2.05) is 6.20 Å². The van der Waals surface area contributed by atoms with Gasteiger partial charge in [0.25, 0.3) is 0 Å². The van der Waals surface area contributed by atoms with Crippen LogP contribution in [0.4, 0.5) is 0 Å². The summed E-state index contributed by atoms with van der Waals surface area (Å²) in [6.07, 6.45) is 5.69. The molecule has 128 valence electrons. The first kappa shape index (κ1) is 16.8. The number of hydrogen-bond donors (Lipinski definition) is 1. The molecule has 1 fully saturated rings. The molecule has 0 radical (unpaired) electrons.